The first-order valence-electron chi connectivity index (χ1n) is 10.2. The minimum atomic E-state index is -3.07. The van der Waals surface area contributed by atoms with Gasteiger partial charge >= 0.3 is 0 Å². The molecule has 4 rings (SSSR count). The third-order valence-electron chi connectivity index (χ3n) is 5.73. The Morgan fingerprint density at radius 2 is 2.10 bits per heavy atom. The molecule has 2 atom stereocenters. The lowest BCUT2D eigenvalue weighted by Gasteiger charge is -2.30. The van der Waals surface area contributed by atoms with Crippen LogP contribution in [0.2, 0.25) is 0 Å². The molecular formula is C21H27N3O4S2. The van der Waals surface area contributed by atoms with Crippen LogP contribution < -0.4 is 0 Å². The first-order valence-corrected chi connectivity index (χ1v) is 13.0. The zero-order valence-corrected chi connectivity index (χ0v) is 18.7. The summed E-state index contributed by atoms with van der Waals surface area (Å²) in [6.45, 7) is 1.18. The Hall–Kier alpha value is -1.84. The number of sulfone groups is 1. The predicted molar refractivity (Wildman–Crippen MR) is 117 cm³/mol. The second kappa shape index (κ2) is 9.11. The Labute approximate surface area is 181 Å². The van der Waals surface area contributed by atoms with Crippen LogP contribution in [0.3, 0.4) is 0 Å². The molecule has 0 saturated carbocycles. The molecule has 3 heterocycles. The normalized spacial score (nSPS) is 23.0. The first-order chi connectivity index (χ1) is 14.4. The Bertz CT molecular complexity index is 985. The van der Waals surface area contributed by atoms with Crippen molar-refractivity contribution in [2.24, 2.45) is 7.05 Å². The number of amides is 1. The first kappa shape index (κ1) is 21.4. The van der Waals surface area contributed by atoms with Gasteiger partial charge in [0.1, 0.15) is 0 Å². The van der Waals surface area contributed by atoms with Crippen LogP contribution in [0.25, 0.3) is 11.3 Å². The van der Waals surface area contributed by atoms with Gasteiger partial charge in [0.05, 0.1) is 35.3 Å². The number of aromatic nitrogens is 2. The SMILES string of the molecule is Cn1c(-c2ccccc2)cnc1SCC(=O)N(CC1CCCO1)C1CCS(=O)(=O)C1. The predicted octanol–water partition coefficient (Wildman–Crippen LogP) is 2.37. The average Bonchev–Trinajstić information content (AvgIpc) is 3.45. The van der Waals surface area contributed by atoms with E-state index in [1.165, 1.54) is 11.8 Å². The standard InChI is InChI=1S/C21H27N3O4S2/c1-23-19(16-6-3-2-4-7-16)12-22-21(23)29-14-20(25)24(13-18-8-5-10-28-18)17-9-11-30(26,27)15-17/h2-4,6-7,12,17-18H,5,8-11,13-15H2,1H3. The number of benzene rings is 1. The second-order valence-corrected chi connectivity index (χ2v) is 11.0. The number of carbonyl (C=O) groups is 1. The van der Waals surface area contributed by atoms with Crippen molar-refractivity contribution in [3.63, 3.8) is 0 Å². The van der Waals surface area contributed by atoms with E-state index in [0.717, 1.165) is 29.3 Å². The quantitative estimate of drug-likeness (QED) is 0.604. The van der Waals surface area contributed by atoms with Crippen molar-refractivity contribution in [1.29, 1.82) is 0 Å². The highest BCUT2D eigenvalue weighted by atomic mass is 32.2. The van der Waals surface area contributed by atoms with Gasteiger partial charge in [-0.15, -0.1) is 0 Å². The van der Waals surface area contributed by atoms with E-state index in [1.54, 1.807) is 4.90 Å². The average molecular weight is 450 g/mol. The largest absolute Gasteiger partial charge is 0.376 e. The number of hydrogen-bond acceptors (Lipinski definition) is 6. The number of rotatable bonds is 7. The molecule has 2 aliphatic rings. The molecule has 9 heteroatoms. The van der Waals surface area contributed by atoms with E-state index >= 15 is 0 Å². The fraction of sp³-hybridized carbons (Fsp3) is 0.524. The van der Waals surface area contributed by atoms with Gasteiger partial charge in [0, 0.05) is 26.2 Å². The van der Waals surface area contributed by atoms with Crippen LogP contribution in [-0.4, -0.2) is 71.3 Å². The van der Waals surface area contributed by atoms with E-state index in [9.17, 15) is 13.2 Å². The number of imidazole rings is 1. The van der Waals surface area contributed by atoms with Gasteiger partial charge in [-0.05, 0) is 24.8 Å². The van der Waals surface area contributed by atoms with E-state index in [4.69, 9.17) is 4.74 Å². The molecule has 162 valence electrons. The smallest absolute Gasteiger partial charge is 0.233 e. The van der Waals surface area contributed by atoms with E-state index in [0.29, 0.717) is 19.6 Å². The van der Waals surface area contributed by atoms with Crippen molar-refractivity contribution in [3.8, 4) is 11.3 Å². The third kappa shape index (κ3) is 4.90. The molecule has 0 spiro atoms. The molecule has 2 aromatic rings. The summed E-state index contributed by atoms with van der Waals surface area (Å²) in [4.78, 5) is 19.3. The molecule has 1 aromatic heterocycles. The molecule has 7 nitrogen and oxygen atoms in total. The molecule has 0 aliphatic carbocycles. The van der Waals surface area contributed by atoms with Crippen molar-refractivity contribution in [2.75, 3.05) is 30.4 Å². The Kier molecular flexibility index (Phi) is 6.50. The van der Waals surface area contributed by atoms with Crippen molar-refractivity contribution >= 4 is 27.5 Å². The number of ether oxygens (including phenoxy) is 1. The van der Waals surface area contributed by atoms with E-state index in [-0.39, 0.29) is 35.3 Å². The molecule has 2 unspecified atom stereocenters. The third-order valence-corrected chi connectivity index (χ3v) is 8.51. The lowest BCUT2D eigenvalue weighted by molar-refractivity contribution is -0.131. The van der Waals surface area contributed by atoms with Crippen LogP contribution in [0.1, 0.15) is 19.3 Å². The van der Waals surface area contributed by atoms with Crippen LogP contribution in [0, 0.1) is 0 Å². The van der Waals surface area contributed by atoms with Gasteiger partial charge in [-0.25, -0.2) is 13.4 Å². The molecule has 1 amide bonds. The number of nitrogens with zero attached hydrogens (tertiary/aromatic N) is 3. The van der Waals surface area contributed by atoms with E-state index in [2.05, 4.69) is 4.98 Å². The minimum absolute atomic E-state index is 0.0000914. The Morgan fingerprint density at radius 3 is 2.77 bits per heavy atom. The van der Waals surface area contributed by atoms with Crippen LogP contribution in [0.4, 0.5) is 0 Å². The van der Waals surface area contributed by atoms with Crippen molar-refractivity contribution in [2.45, 2.75) is 36.6 Å². The van der Waals surface area contributed by atoms with Gasteiger partial charge in [-0.3, -0.25) is 4.79 Å². The summed E-state index contributed by atoms with van der Waals surface area (Å²) in [7, 11) is -1.13. The Balaban J connectivity index is 1.44. The molecule has 0 N–H and O–H groups in total. The lowest BCUT2D eigenvalue weighted by Crippen LogP contribution is -2.46. The van der Waals surface area contributed by atoms with E-state index in [1.807, 2.05) is 48.1 Å². The topological polar surface area (TPSA) is 81.5 Å². The molecule has 2 aliphatic heterocycles. The molecule has 2 saturated heterocycles. The highest BCUT2D eigenvalue weighted by molar-refractivity contribution is 7.99. The van der Waals surface area contributed by atoms with Gasteiger partial charge < -0.3 is 14.2 Å². The maximum Gasteiger partial charge on any atom is 0.233 e. The zero-order chi connectivity index (χ0) is 21.1. The second-order valence-electron chi connectivity index (χ2n) is 7.88. The van der Waals surface area contributed by atoms with Gasteiger partial charge in [0.15, 0.2) is 15.0 Å². The lowest BCUT2D eigenvalue weighted by atomic mass is 10.1. The van der Waals surface area contributed by atoms with Gasteiger partial charge in [0.2, 0.25) is 5.91 Å². The van der Waals surface area contributed by atoms with Crippen molar-refractivity contribution in [3.05, 3.63) is 36.5 Å². The molecule has 1 aromatic carbocycles. The van der Waals surface area contributed by atoms with Gasteiger partial charge in [0.25, 0.3) is 0 Å². The van der Waals surface area contributed by atoms with Crippen LogP contribution >= 0.6 is 11.8 Å². The minimum Gasteiger partial charge on any atom is -0.376 e. The van der Waals surface area contributed by atoms with Crippen molar-refractivity contribution < 1.29 is 17.9 Å². The van der Waals surface area contributed by atoms with Crippen LogP contribution in [-0.2, 0) is 26.4 Å². The summed E-state index contributed by atoms with van der Waals surface area (Å²) < 4.78 is 31.7. The van der Waals surface area contributed by atoms with Crippen LogP contribution in [0.5, 0.6) is 0 Å². The summed E-state index contributed by atoms with van der Waals surface area (Å²) in [6.07, 6.45) is 4.22. The highest BCUT2D eigenvalue weighted by Gasteiger charge is 2.36. The highest BCUT2D eigenvalue weighted by Crippen LogP contribution is 2.26. The number of hydrogen-bond donors (Lipinski definition) is 0. The molecular weight excluding hydrogens is 422 g/mol. The molecule has 0 bridgehead atoms. The zero-order valence-electron chi connectivity index (χ0n) is 17.1. The van der Waals surface area contributed by atoms with E-state index < -0.39 is 9.84 Å². The van der Waals surface area contributed by atoms with Crippen LogP contribution in [0.15, 0.2) is 41.7 Å². The Morgan fingerprint density at radius 1 is 1.30 bits per heavy atom. The summed E-state index contributed by atoms with van der Waals surface area (Å²) in [5, 5.41) is 0.762. The summed E-state index contributed by atoms with van der Waals surface area (Å²) >= 11 is 1.39. The molecule has 2 fully saturated rings. The maximum absolute atomic E-state index is 13.1. The fourth-order valence-electron chi connectivity index (χ4n) is 4.10. The van der Waals surface area contributed by atoms with Gasteiger partial charge in [-0.2, -0.15) is 0 Å². The summed E-state index contributed by atoms with van der Waals surface area (Å²) in [5.41, 5.74) is 2.06. The monoisotopic (exact) mass is 449 g/mol. The summed E-state index contributed by atoms with van der Waals surface area (Å²) in [5.74, 6) is 0.376. The maximum atomic E-state index is 13.1. The van der Waals surface area contributed by atoms with Gasteiger partial charge in [-0.1, -0.05) is 42.1 Å². The fourth-order valence-corrected chi connectivity index (χ4v) is 6.66. The molecule has 30 heavy (non-hydrogen) atoms. The summed E-state index contributed by atoms with van der Waals surface area (Å²) in [6, 6.07) is 9.74. The number of thioether (sulfide) groups is 1. The number of carbonyl (C=O) groups excluding carboxylic acids is 1. The van der Waals surface area contributed by atoms with Crippen molar-refractivity contribution in [1.82, 2.24) is 14.5 Å². The molecule has 0 radical (unpaired) electrons.